The van der Waals surface area contributed by atoms with Crippen LogP contribution in [0.3, 0.4) is 0 Å². The first-order valence-corrected chi connectivity index (χ1v) is 3.13. The lowest BCUT2D eigenvalue weighted by atomic mass is 10.4. The molecule has 0 atom stereocenters. The van der Waals surface area contributed by atoms with Gasteiger partial charge in [-0.3, -0.25) is 5.10 Å². The minimum absolute atomic E-state index is 1.02. The predicted molar refractivity (Wildman–Crippen MR) is 41.3 cm³/mol. The molecule has 10 heavy (non-hydrogen) atoms. The Kier molecular flexibility index (Phi) is 2.10. The fraction of sp³-hybridized carbons (Fsp3) is 0.286. The van der Waals surface area contributed by atoms with Gasteiger partial charge in [-0.1, -0.05) is 0 Å². The molecule has 0 aliphatic rings. The summed E-state index contributed by atoms with van der Waals surface area (Å²) in [7, 11) is 3.96. The van der Waals surface area contributed by atoms with E-state index in [1.165, 1.54) is 0 Å². The Labute approximate surface area is 60.4 Å². The molecule has 0 radical (unpaired) electrons. The van der Waals surface area contributed by atoms with Crippen LogP contribution in [0.5, 0.6) is 0 Å². The molecule has 0 fully saturated rings. The Morgan fingerprint density at radius 1 is 1.60 bits per heavy atom. The summed E-state index contributed by atoms with van der Waals surface area (Å²) in [6.45, 7) is 0. The van der Waals surface area contributed by atoms with E-state index in [1.807, 2.05) is 37.3 Å². The lowest BCUT2D eigenvalue weighted by Gasteiger charge is -2.01. The fourth-order valence-corrected chi connectivity index (χ4v) is 0.589. The van der Waals surface area contributed by atoms with Crippen LogP contribution in [0, 0.1) is 0 Å². The van der Waals surface area contributed by atoms with Crippen LogP contribution in [0.25, 0.3) is 6.08 Å². The first-order valence-electron chi connectivity index (χ1n) is 3.13. The smallest absolute Gasteiger partial charge is 0.0592 e. The molecule has 0 aliphatic heterocycles. The second-order valence-electron chi connectivity index (χ2n) is 2.29. The minimum atomic E-state index is 1.02. The zero-order valence-electron chi connectivity index (χ0n) is 6.20. The van der Waals surface area contributed by atoms with Gasteiger partial charge in [-0.05, 0) is 12.1 Å². The van der Waals surface area contributed by atoms with Gasteiger partial charge >= 0.3 is 0 Å². The van der Waals surface area contributed by atoms with Crippen LogP contribution in [-0.2, 0) is 0 Å². The minimum Gasteiger partial charge on any atom is -0.383 e. The van der Waals surface area contributed by atoms with Gasteiger partial charge in [0, 0.05) is 26.5 Å². The van der Waals surface area contributed by atoms with Crippen molar-refractivity contribution < 1.29 is 0 Å². The number of nitrogens with one attached hydrogen (secondary N) is 1. The van der Waals surface area contributed by atoms with Crippen LogP contribution in [-0.4, -0.2) is 29.2 Å². The number of hydrogen-bond donors (Lipinski definition) is 1. The highest BCUT2D eigenvalue weighted by molar-refractivity contribution is 5.42. The average molecular weight is 137 g/mol. The third-order valence-corrected chi connectivity index (χ3v) is 1.07. The van der Waals surface area contributed by atoms with E-state index in [2.05, 4.69) is 10.2 Å². The van der Waals surface area contributed by atoms with Crippen molar-refractivity contribution in [3.8, 4) is 0 Å². The van der Waals surface area contributed by atoms with Crippen molar-refractivity contribution in [3.63, 3.8) is 0 Å². The summed E-state index contributed by atoms with van der Waals surface area (Å²) in [5, 5.41) is 6.63. The SMILES string of the molecule is CN(C)/C=C/c1ccn[nH]1. The fourth-order valence-electron chi connectivity index (χ4n) is 0.589. The molecule has 0 saturated heterocycles. The lowest BCUT2D eigenvalue weighted by molar-refractivity contribution is 0.567. The Bertz CT molecular complexity index is 199. The summed E-state index contributed by atoms with van der Waals surface area (Å²) in [5.41, 5.74) is 1.02. The quantitative estimate of drug-likeness (QED) is 0.658. The van der Waals surface area contributed by atoms with Gasteiger partial charge in [0.15, 0.2) is 0 Å². The monoisotopic (exact) mass is 137 g/mol. The first kappa shape index (κ1) is 6.86. The van der Waals surface area contributed by atoms with Crippen LogP contribution in [0.2, 0.25) is 0 Å². The van der Waals surface area contributed by atoms with Crippen LogP contribution in [0.1, 0.15) is 5.69 Å². The molecule has 0 spiro atoms. The molecule has 0 saturated carbocycles. The average Bonchev–Trinajstić information content (AvgIpc) is 2.34. The maximum absolute atomic E-state index is 3.81. The van der Waals surface area contributed by atoms with E-state index >= 15 is 0 Å². The number of rotatable bonds is 2. The molecule has 0 bridgehead atoms. The molecule has 3 nitrogen and oxygen atoms in total. The van der Waals surface area contributed by atoms with Gasteiger partial charge < -0.3 is 4.90 Å². The summed E-state index contributed by atoms with van der Waals surface area (Å²) in [6.07, 6.45) is 5.66. The van der Waals surface area contributed by atoms with E-state index in [0.29, 0.717) is 0 Å². The van der Waals surface area contributed by atoms with Gasteiger partial charge in [0.05, 0.1) is 5.69 Å². The second-order valence-corrected chi connectivity index (χ2v) is 2.29. The highest BCUT2D eigenvalue weighted by atomic mass is 15.1. The van der Waals surface area contributed by atoms with Crippen molar-refractivity contribution in [3.05, 3.63) is 24.2 Å². The van der Waals surface area contributed by atoms with Gasteiger partial charge in [0.1, 0.15) is 0 Å². The van der Waals surface area contributed by atoms with E-state index in [9.17, 15) is 0 Å². The first-order chi connectivity index (χ1) is 4.79. The van der Waals surface area contributed by atoms with Crippen molar-refractivity contribution in [2.75, 3.05) is 14.1 Å². The molecule has 1 aromatic rings. The summed E-state index contributed by atoms with van der Waals surface area (Å²) >= 11 is 0. The molecule has 54 valence electrons. The van der Waals surface area contributed by atoms with Crippen molar-refractivity contribution in [1.82, 2.24) is 15.1 Å². The van der Waals surface area contributed by atoms with Crippen LogP contribution < -0.4 is 0 Å². The van der Waals surface area contributed by atoms with E-state index in [0.717, 1.165) is 5.69 Å². The Balaban J connectivity index is 2.55. The number of nitrogens with zero attached hydrogens (tertiary/aromatic N) is 2. The molecule has 1 heterocycles. The molecule has 1 N–H and O–H groups in total. The largest absolute Gasteiger partial charge is 0.383 e. The number of aromatic amines is 1. The van der Waals surface area contributed by atoms with Gasteiger partial charge in [-0.25, -0.2) is 0 Å². The second kappa shape index (κ2) is 3.06. The molecule has 1 aromatic heterocycles. The third kappa shape index (κ3) is 1.93. The Morgan fingerprint density at radius 2 is 2.40 bits per heavy atom. The number of aromatic nitrogens is 2. The molecule has 0 amide bonds. The van der Waals surface area contributed by atoms with Crippen LogP contribution >= 0.6 is 0 Å². The van der Waals surface area contributed by atoms with E-state index in [4.69, 9.17) is 0 Å². The summed E-state index contributed by atoms with van der Waals surface area (Å²) in [5.74, 6) is 0. The standard InChI is InChI=1S/C7H11N3/c1-10(2)6-4-7-3-5-8-9-7/h3-6H,1-2H3,(H,8,9)/b6-4+. The maximum atomic E-state index is 3.81. The van der Waals surface area contributed by atoms with Crippen molar-refractivity contribution in [1.29, 1.82) is 0 Å². The lowest BCUT2D eigenvalue weighted by Crippen LogP contribution is -1.99. The molecule has 3 heteroatoms. The van der Waals surface area contributed by atoms with Gasteiger partial charge in [0.2, 0.25) is 0 Å². The topological polar surface area (TPSA) is 31.9 Å². The van der Waals surface area contributed by atoms with Gasteiger partial charge in [-0.2, -0.15) is 5.10 Å². The normalized spacial score (nSPS) is 10.6. The summed E-state index contributed by atoms with van der Waals surface area (Å²) < 4.78 is 0. The van der Waals surface area contributed by atoms with Gasteiger partial charge in [-0.15, -0.1) is 0 Å². The Hall–Kier alpha value is -1.25. The maximum Gasteiger partial charge on any atom is 0.0592 e. The Morgan fingerprint density at radius 3 is 2.90 bits per heavy atom. The number of H-pyrrole nitrogens is 1. The zero-order chi connectivity index (χ0) is 7.40. The molecular weight excluding hydrogens is 126 g/mol. The summed E-state index contributed by atoms with van der Waals surface area (Å²) in [6, 6.07) is 1.92. The number of hydrogen-bond acceptors (Lipinski definition) is 2. The van der Waals surface area contributed by atoms with E-state index < -0.39 is 0 Å². The van der Waals surface area contributed by atoms with Crippen LogP contribution in [0.15, 0.2) is 18.5 Å². The highest BCUT2D eigenvalue weighted by Crippen LogP contribution is 1.94. The van der Waals surface area contributed by atoms with Crippen molar-refractivity contribution >= 4 is 6.08 Å². The predicted octanol–water partition coefficient (Wildman–Crippen LogP) is 0.942. The van der Waals surface area contributed by atoms with Crippen molar-refractivity contribution in [2.24, 2.45) is 0 Å². The molecule has 0 aliphatic carbocycles. The summed E-state index contributed by atoms with van der Waals surface area (Å²) in [4.78, 5) is 1.97. The van der Waals surface area contributed by atoms with Gasteiger partial charge in [0.25, 0.3) is 0 Å². The van der Waals surface area contributed by atoms with Crippen LogP contribution in [0.4, 0.5) is 0 Å². The molecule has 0 unspecified atom stereocenters. The molecule has 0 aromatic carbocycles. The zero-order valence-corrected chi connectivity index (χ0v) is 6.20. The molecule has 1 rings (SSSR count). The third-order valence-electron chi connectivity index (χ3n) is 1.07. The van der Waals surface area contributed by atoms with Crippen molar-refractivity contribution in [2.45, 2.75) is 0 Å². The highest BCUT2D eigenvalue weighted by Gasteiger charge is 1.83. The molecular formula is C7H11N3. The van der Waals surface area contributed by atoms with E-state index in [1.54, 1.807) is 6.20 Å². The van der Waals surface area contributed by atoms with E-state index in [-0.39, 0.29) is 0 Å².